The Morgan fingerprint density at radius 1 is 1.48 bits per heavy atom. The number of nitro benzene ring substituents is 1. The zero-order chi connectivity index (χ0) is 15.4. The minimum atomic E-state index is -0.587. The highest BCUT2D eigenvalue weighted by Gasteiger charge is 2.11. The molecule has 0 aliphatic rings. The molecular formula is C11H9ClN6O3. The van der Waals surface area contributed by atoms with E-state index in [0.717, 1.165) is 0 Å². The molecule has 1 heterocycles. The van der Waals surface area contributed by atoms with Crippen LogP contribution < -0.4 is 11.0 Å². The van der Waals surface area contributed by atoms with E-state index >= 15 is 0 Å². The predicted octanol–water partition coefficient (Wildman–Crippen LogP) is 1.48. The van der Waals surface area contributed by atoms with Crippen LogP contribution in [0.15, 0.2) is 28.1 Å². The van der Waals surface area contributed by atoms with Crippen LogP contribution in [0.25, 0.3) is 0 Å². The highest BCUT2D eigenvalue weighted by Crippen LogP contribution is 2.24. The second kappa shape index (κ2) is 6.09. The molecule has 1 aromatic carbocycles. The van der Waals surface area contributed by atoms with Gasteiger partial charge in [-0.3, -0.25) is 19.9 Å². The van der Waals surface area contributed by atoms with E-state index in [1.165, 1.54) is 25.3 Å². The van der Waals surface area contributed by atoms with Gasteiger partial charge in [-0.2, -0.15) is 5.10 Å². The lowest BCUT2D eigenvalue weighted by molar-refractivity contribution is -0.384. The van der Waals surface area contributed by atoms with Crippen molar-refractivity contribution in [3.63, 3.8) is 0 Å². The van der Waals surface area contributed by atoms with E-state index in [4.69, 9.17) is 11.6 Å². The molecule has 2 N–H and O–H groups in total. The van der Waals surface area contributed by atoms with Crippen LogP contribution >= 0.6 is 11.6 Å². The fraction of sp³-hybridized carbons (Fsp3) is 0.0909. The standard InChI is InChI=1S/C11H9ClN6O3/c1-6-10(19)14-11(17-15-6)16-13-5-7-2-3-8(12)9(4-7)18(20)21/h2-5H,1H3,(H2,14,16,17,19)/b13-5-. The normalized spacial score (nSPS) is 10.8. The summed E-state index contributed by atoms with van der Waals surface area (Å²) in [6.45, 7) is 1.52. The van der Waals surface area contributed by atoms with Gasteiger partial charge in [-0.25, -0.2) is 5.43 Å². The van der Waals surface area contributed by atoms with Gasteiger partial charge in [-0.05, 0) is 13.0 Å². The molecule has 108 valence electrons. The number of hydrogen-bond donors (Lipinski definition) is 2. The van der Waals surface area contributed by atoms with E-state index in [1.807, 2.05) is 0 Å². The van der Waals surface area contributed by atoms with Crippen LogP contribution in [0.1, 0.15) is 11.3 Å². The second-order valence-electron chi connectivity index (χ2n) is 3.93. The van der Waals surface area contributed by atoms with Gasteiger partial charge < -0.3 is 0 Å². The molecular weight excluding hydrogens is 300 g/mol. The summed E-state index contributed by atoms with van der Waals surface area (Å²) < 4.78 is 0. The number of nitrogens with one attached hydrogen (secondary N) is 2. The van der Waals surface area contributed by atoms with Crippen LogP contribution in [-0.2, 0) is 0 Å². The molecule has 21 heavy (non-hydrogen) atoms. The molecule has 0 aliphatic carbocycles. The summed E-state index contributed by atoms with van der Waals surface area (Å²) in [6.07, 6.45) is 1.32. The first kappa shape index (κ1) is 14.6. The van der Waals surface area contributed by atoms with Gasteiger partial charge >= 0.3 is 0 Å². The quantitative estimate of drug-likeness (QED) is 0.500. The van der Waals surface area contributed by atoms with E-state index < -0.39 is 4.92 Å². The Labute approximate surface area is 122 Å². The third-order valence-electron chi connectivity index (χ3n) is 2.41. The number of aromatic nitrogens is 3. The number of aryl methyl sites for hydroxylation is 1. The molecule has 0 bridgehead atoms. The Kier molecular flexibility index (Phi) is 4.24. The number of hydrogen-bond acceptors (Lipinski definition) is 7. The van der Waals surface area contributed by atoms with Crippen molar-refractivity contribution < 1.29 is 4.92 Å². The maximum atomic E-state index is 11.3. The molecule has 0 fully saturated rings. The van der Waals surface area contributed by atoms with E-state index in [-0.39, 0.29) is 27.9 Å². The number of aromatic amines is 1. The van der Waals surface area contributed by atoms with Crippen LogP contribution in [0.3, 0.4) is 0 Å². The minimum Gasteiger partial charge on any atom is -0.288 e. The molecule has 9 nitrogen and oxygen atoms in total. The lowest BCUT2D eigenvalue weighted by Gasteiger charge is -1.99. The van der Waals surface area contributed by atoms with Gasteiger partial charge in [0.1, 0.15) is 10.7 Å². The first-order chi connectivity index (χ1) is 9.97. The van der Waals surface area contributed by atoms with Crippen molar-refractivity contribution in [2.24, 2.45) is 5.10 Å². The number of rotatable bonds is 4. The first-order valence-corrected chi connectivity index (χ1v) is 6.02. The van der Waals surface area contributed by atoms with E-state index in [1.54, 1.807) is 6.07 Å². The van der Waals surface area contributed by atoms with Crippen LogP contribution in [-0.4, -0.2) is 26.3 Å². The number of hydrazone groups is 1. The van der Waals surface area contributed by atoms with Crippen molar-refractivity contribution in [3.8, 4) is 0 Å². The summed E-state index contributed by atoms with van der Waals surface area (Å²) in [4.78, 5) is 23.9. The fourth-order valence-electron chi connectivity index (χ4n) is 1.36. The van der Waals surface area contributed by atoms with Gasteiger partial charge in [0, 0.05) is 11.6 Å². The number of halogens is 1. The Balaban J connectivity index is 2.14. The largest absolute Gasteiger partial charge is 0.288 e. The van der Waals surface area contributed by atoms with Crippen molar-refractivity contribution in [3.05, 3.63) is 54.9 Å². The van der Waals surface area contributed by atoms with Crippen LogP contribution in [0, 0.1) is 17.0 Å². The zero-order valence-electron chi connectivity index (χ0n) is 10.7. The average molecular weight is 309 g/mol. The molecule has 0 saturated heterocycles. The Morgan fingerprint density at radius 3 is 2.90 bits per heavy atom. The van der Waals surface area contributed by atoms with Crippen LogP contribution in [0.5, 0.6) is 0 Å². The predicted molar refractivity (Wildman–Crippen MR) is 76.7 cm³/mol. The van der Waals surface area contributed by atoms with E-state index in [9.17, 15) is 14.9 Å². The number of nitrogens with zero attached hydrogens (tertiary/aromatic N) is 4. The SMILES string of the molecule is Cc1nnc(N/N=C\c2ccc(Cl)c([N+](=O)[O-])c2)[nH]c1=O. The van der Waals surface area contributed by atoms with E-state index in [0.29, 0.717) is 5.56 Å². The lowest BCUT2D eigenvalue weighted by atomic mass is 10.2. The Hall–Kier alpha value is -2.81. The summed E-state index contributed by atoms with van der Waals surface area (Å²) in [7, 11) is 0. The summed E-state index contributed by atoms with van der Waals surface area (Å²) in [5.41, 5.74) is 2.55. The van der Waals surface area contributed by atoms with Crippen LogP contribution in [0.2, 0.25) is 5.02 Å². The zero-order valence-corrected chi connectivity index (χ0v) is 11.5. The van der Waals surface area contributed by atoms with Crippen molar-refractivity contribution in [1.82, 2.24) is 15.2 Å². The van der Waals surface area contributed by atoms with Gasteiger partial charge in [0.25, 0.3) is 11.2 Å². The number of benzene rings is 1. The molecule has 2 aromatic rings. The molecule has 1 aromatic heterocycles. The number of H-pyrrole nitrogens is 1. The second-order valence-corrected chi connectivity index (χ2v) is 4.33. The molecule has 0 spiro atoms. The average Bonchev–Trinajstić information content (AvgIpc) is 2.44. The van der Waals surface area contributed by atoms with Gasteiger partial charge in [-0.1, -0.05) is 17.7 Å². The first-order valence-electron chi connectivity index (χ1n) is 5.64. The van der Waals surface area contributed by atoms with Crippen molar-refractivity contribution in [1.29, 1.82) is 0 Å². The minimum absolute atomic E-state index is 0.0406. The van der Waals surface area contributed by atoms with Gasteiger partial charge in [-0.15, -0.1) is 10.2 Å². The molecule has 2 rings (SSSR count). The molecule has 0 aliphatic heterocycles. The summed E-state index contributed by atoms with van der Waals surface area (Å²) in [5, 5.41) is 21.9. The third-order valence-corrected chi connectivity index (χ3v) is 2.73. The van der Waals surface area contributed by atoms with Crippen LogP contribution in [0.4, 0.5) is 11.6 Å². The number of nitro groups is 1. The molecule has 0 radical (unpaired) electrons. The molecule has 0 unspecified atom stereocenters. The molecule has 10 heteroatoms. The molecule has 0 atom stereocenters. The van der Waals surface area contributed by atoms with Crippen molar-refractivity contribution in [2.45, 2.75) is 6.92 Å². The Morgan fingerprint density at radius 2 is 2.24 bits per heavy atom. The number of anilines is 1. The van der Waals surface area contributed by atoms with Gasteiger partial charge in [0.15, 0.2) is 0 Å². The summed E-state index contributed by atoms with van der Waals surface area (Å²) in [6, 6.07) is 4.23. The monoisotopic (exact) mass is 308 g/mol. The maximum Gasteiger partial charge on any atom is 0.288 e. The van der Waals surface area contributed by atoms with Gasteiger partial charge in [0.05, 0.1) is 11.1 Å². The smallest absolute Gasteiger partial charge is 0.288 e. The van der Waals surface area contributed by atoms with Crippen molar-refractivity contribution in [2.75, 3.05) is 5.43 Å². The topological polar surface area (TPSA) is 126 Å². The van der Waals surface area contributed by atoms with Crippen molar-refractivity contribution >= 4 is 29.5 Å². The highest BCUT2D eigenvalue weighted by atomic mass is 35.5. The van der Waals surface area contributed by atoms with Gasteiger partial charge in [0.2, 0.25) is 5.95 Å². The fourth-order valence-corrected chi connectivity index (χ4v) is 1.55. The summed E-state index contributed by atoms with van der Waals surface area (Å²) in [5.74, 6) is 0.0605. The Bertz CT molecular complexity index is 773. The lowest BCUT2D eigenvalue weighted by Crippen LogP contribution is -2.15. The third kappa shape index (κ3) is 3.60. The van der Waals surface area contributed by atoms with E-state index in [2.05, 4.69) is 25.7 Å². The summed E-state index contributed by atoms with van der Waals surface area (Å²) >= 11 is 5.69. The highest BCUT2D eigenvalue weighted by molar-refractivity contribution is 6.32. The maximum absolute atomic E-state index is 11.3. The molecule has 0 amide bonds. The molecule has 0 saturated carbocycles.